The summed E-state index contributed by atoms with van der Waals surface area (Å²) in [5, 5.41) is 4.32. The Morgan fingerprint density at radius 3 is 2.37 bits per heavy atom. The average Bonchev–Trinajstić information content (AvgIpc) is 2.56. The summed E-state index contributed by atoms with van der Waals surface area (Å²) >= 11 is 3.37. The molecule has 0 bridgehead atoms. The van der Waals surface area contributed by atoms with Gasteiger partial charge in [0.25, 0.3) is 0 Å². The summed E-state index contributed by atoms with van der Waals surface area (Å²) in [4.78, 5) is 0. The van der Waals surface area contributed by atoms with Crippen molar-refractivity contribution < 1.29 is 8.78 Å². The lowest BCUT2D eigenvalue weighted by atomic mass is 9.92. The van der Waals surface area contributed by atoms with Gasteiger partial charge in [-0.25, -0.2) is 13.5 Å². The van der Waals surface area contributed by atoms with Gasteiger partial charge in [-0.1, -0.05) is 20.8 Å². The molecule has 0 radical (unpaired) electrons. The quantitative estimate of drug-likeness (QED) is 0.864. The molecule has 0 atom stereocenters. The third-order valence-electron chi connectivity index (χ3n) is 2.71. The topological polar surface area (TPSA) is 43.8 Å². The molecule has 6 heteroatoms. The molecule has 2 rings (SSSR count). The molecule has 0 unspecified atom stereocenters. The van der Waals surface area contributed by atoms with Gasteiger partial charge in [0.05, 0.1) is 10.2 Å². The number of hydrogen-bond donors (Lipinski definition) is 1. The van der Waals surface area contributed by atoms with Gasteiger partial charge in [-0.2, -0.15) is 5.10 Å². The van der Waals surface area contributed by atoms with E-state index in [0.717, 1.165) is 6.07 Å². The molecule has 0 amide bonds. The van der Waals surface area contributed by atoms with E-state index in [1.807, 2.05) is 20.8 Å². The Bertz CT molecular complexity index is 630. The molecule has 0 aliphatic heterocycles. The molecular formula is C13H14BrF2N3. The minimum atomic E-state index is -0.706. The number of rotatable bonds is 1. The van der Waals surface area contributed by atoms with Crippen LogP contribution in [0.2, 0.25) is 0 Å². The Balaban J connectivity index is 2.64. The van der Waals surface area contributed by atoms with E-state index in [1.165, 1.54) is 16.8 Å². The first kappa shape index (κ1) is 14.0. The van der Waals surface area contributed by atoms with E-state index >= 15 is 0 Å². The van der Waals surface area contributed by atoms with E-state index in [2.05, 4.69) is 21.0 Å². The number of aromatic nitrogens is 2. The number of nitrogens with zero attached hydrogens (tertiary/aromatic N) is 2. The third-order valence-corrected chi connectivity index (χ3v) is 3.49. The van der Waals surface area contributed by atoms with Crippen molar-refractivity contribution in [2.45, 2.75) is 26.2 Å². The lowest BCUT2D eigenvalue weighted by Crippen LogP contribution is -2.13. The molecule has 1 heterocycles. The van der Waals surface area contributed by atoms with Crippen LogP contribution in [0.15, 0.2) is 22.7 Å². The van der Waals surface area contributed by atoms with Gasteiger partial charge >= 0.3 is 0 Å². The zero-order chi connectivity index (χ0) is 14.4. The molecule has 1 aromatic heterocycles. The molecule has 0 saturated heterocycles. The fourth-order valence-electron chi connectivity index (χ4n) is 1.73. The van der Waals surface area contributed by atoms with Gasteiger partial charge < -0.3 is 5.73 Å². The van der Waals surface area contributed by atoms with Crippen LogP contribution in [-0.2, 0) is 5.41 Å². The predicted molar refractivity (Wildman–Crippen MR) is 74.3 cm³/mol. The summed E-state index contributed by atoms with van der Waals surface area (Å²) in [5.74, 6) is -1.06. The Morgan fingerprint density at radius 2 is 1.89 bits per heavy atom. The molecule has 3 nitrogen and oxygen atoms in total. The summed E-state index contributed by atoms with van der Waals surface area (Å²) in [5.41, 5.74) is 6.53. The first-order valence-electron chi connectivity index (χ1n) is 5.71. The van der Waals surface area contributed by atoms with E-state index in [1.54, 1.807) is 0 Å². The molecule has 0 spiro atoms. The zero-order valence-corrected chi connectivity index (χ0v) is 12.4. The minimum Gasteiger partial charge on any atom is -0.383 e. The lowest BCUT2D eigenvalue weighted by molar-refractivity contribution is 0.549. The summed E-state index contributed by atoms with van der Waals surface area (Å²) < 4.78 is 28.6. The number of benzene rings is 1. The van der Waals surface area contributed by atoms with Gasteiger partial charge in [-0.3, -0.25) is 0 Å². The number of halogens is 3. The smallest absolute Gasteiger partial charge is 0.151 e. The summed E-state index contributed by atoms with van der Waals surface area (Å²) in [6.45, 7) is 5.93. The van der Waals surface area contributed by atoms with Crippen LogP contribution in [0, 0.1) is 11.6 Å². The maximum atomic E-state index is 13.8. The summed E-state index contributed by atoms with van der Waals surface area (Å²) in [6.07, 6.45) is 0. The molecule has 0 saturated carbocycles. The van der Waals surface area contributed by atoms with Gasteiger partial charge in [-0.05, 0) is 28.1 Å². The second-order valence-electron chi connectivity index (χ2n) is 5.31. The van der Waals surface area contributed by atoms with Crippen molar-refractivity contribution >= 4 is 21.7 Å². The van der Waals surface area contributed by atoms with E-state index in [9.17, 15) is 8.78 Å². The Kier molecular flexibility index (Phi) is 3.38. The Labute approximate surface area is 118 Å². The van der Waals surface area contributed by atoms with Crippen LogP contribution in [0.3, 0.4) is 0 Å². The molecule has 0 aliphatic rings. The molecule has 0 fully saturated rings. The summed E-state index contributed by atoms with van der Waals surface area (Å²) in [6, 6.07) is 3.29. The van der Waals surface area contributed by atoms with Gasteiger partial charge in [-0.15, -0.1) is 0 Å². The zero-order valence-electron chi connectivity index (χ0n) is 10.8. The fraction of sp³-hybridized carbons (Fsp3) is 0.308. The third kappa shape index (κ3) is 2.49. The maximum absolute atomic E-state index is 13.8. The standard InChI is InChI=1S/C13H14BrF2N3/c1-13(2,3)11-10(14)12(17)19(18-11)9-5-4-7(15)6-8(9)16/h4-6H,17H2,1-3H3. The minimum absolute atomic E-state index is 0.120. The van der Waals surface area contributed by atoms with Crippen LogP contribution in [-0.4, -0.2) is 9.78 Å². The van der Waals surface area contributed by atoms with Gasteiger partial charge in [0.15, 0.2) is 5.82 Å². The van der Waals surface area contributed by atoms with Crippen molar-refractivity contribution in [3.8, 4) is 5.69 Å². The Morgan fingerprint density at radius 1 is 1.26 bits per heavy atom. The molecule has 2 N–H and O–H groups in total. The first-order valence-corrected chi connectivity index (χ1v) is 6.51. The monoisotopic (exact) mass is 329 g/mol. The number of anilines is 1. The van der Waals surface area contributed by atoms with Crippen LogP contribution in [0.5, 0.6) is 0 Å². The number of nitrogen functional groups attached to an aromatic ring is 1. The fourth-order valence-corrected chi connectivity index (χ4v) is 2.57. The SMILES string of the molecule is CC(C)(C)c1nn(-c2ccc(F)cc2F)c(N)c1Br. The van der Waals surface area contributed by atoms with E-state index in [0.29, 0.717) is 10.2 Å². The van der Waals surface area contributed by atoms with Crippen molar-refractivity contribution in [2.24, 2.45) is 0 Å². The van der Waals surface area contributed by atoms with Crippen molar-refractivity contribution in [2.75, 3.05) is 5.73 Å². The van der Waals surface area contributed by atoms with Gasteiger partial charge in [0, 0.05) is 11.5 Å². The van der Waals surface area contributed by atoms with Crippen LogP contribution in [0.4, 0.5) is 14.6 Å². The predicted octanol–water partition coefficient (Wildman–Crippen LogP) is 3.79. The second-order valence-corrected chi connectivity index (χ2v) is 6.10. The normalized spacial score (nSPS) is 11.9. The highest BCUT2D eigenvalue weighted by Crippen LogP contribution is 2.34. The highest BCUT2D eigenvalue weighted by molar-refractivity contribution is 9.10. The lowest BCUT2D eigenvalue weighted by Gasteiger charge is -2.15. The number of nitrogens with two attached hydrogens (primary N) is 1. The molecule has 0 aliphatic carbocycles. The van der Waals surface area contributed by atoms with Crippen LogP contribution in [0.1, 0.15) is 26.5 Å². The van der Waals surface area contributed by atoms with E-state index in [4.69, 9.17) is 5.73 Å². The van der Waals surface area contributed by atoms with Crippen molar-refractivity contribution in [3.63, 3.8) is 0 Å². The van der Waals surface area contributed by atoms with Gasteiger partial charge in [0.2, 0.25) is 0 Å². The van der Waals surface area contributed by atoms with Gasteiger partial charge in [0.1, 0.15) is 17.3 Å². The van der Waals surface area contributed by atoms with Crippen LogP contribution >= 0.6 is 15.9 Å². The largest absolute Gasteiger partial charge is 0.383 e. The average molecular weight is 330 g/mol. The van der Waals surface area contributed by atoms with Crippen molar-refractivity contribution in [3.05, 3.63) is 40.0 Å². The highest BCUT2D eigenvalue weighted by atomic mass is 79.9. The Hall–Kier alpha value is -1.43. The molecule has 19 heavy (non-hydrogen) atoms. The molecule has 102 valence electrons. The summed E-state index contributed by atoms with van der Waals surface area (Å²) in [7, 11) is 0. The van der Waals surface area contributed by atoms with Crippen molar-refractivity contribution in [1.29, 1.82) is 0 Å². The van der Waals surface area contributed by atoms with E-state index in [-0.39, 0.29) is 16.9 Å². The molecule has 2 aromatic rings. The molecule has 1 aromatic carbocycles. The maximum Gasteiger partial charge on any atom is 0.151 e. The second kappa shape index (κ2) is 4.59. The van der Waals surface area contributed by atoms with E-state index < -0.39 is 11.6 Å². The van der Waals surface area contributed by atoms with Crippen LogP contribution in [0.25, 0.3) is 5.69 Å². The first-order chi connectivity index (χ1) is 8.71. The van der Waals surface area contributed by atoms with Crippen molar-refractivity contribution in [1.82, 2.24) is 9.78 Å². The molecular weight excluding hydrogens is 316 g/mol. The number of hydrogen-bond acceptors (Lipinski definition) is 2. The highest BCUT2D eigenvalue weighted by Gasteiger charge is 2.25. The van der Waals surface area contributed by atoms with Crippen LogP contribution < -0.4 is 5.73 Å².